The second-order valence-electron chi connectivity index (χ2n) is 5.37. The van der Waals surface area contributed by atoms with Crippen LogP contribution in [0.3, 0.4) is 0 Å². The molecule has 0 aromatic heterocycles. The summed E-state index contributed by atoms with van der Waals surface area (Å²) < 4.78 is 26.3. The van der Waals surface area contributed by atoms with Gasteiger partial charge >= 0.3 is 0 Å². The second-order valence-corrected chi connectivity index (χ2v) is 6.95. The molecule has 2 heterocycles. The molecule has 2 N–H and O–H groups in total. The maximum absolute atomic E-state index is 13.2. The predicted molar refractivity (Wildman–Crippen MR) is 79.0 cm³/mol. The van der Waals surface area contributed by atoms with E-state index in [1.54, 1.807) is 11.8 Å². The summed E-state index contributed by atoms with van der Waals surface area (Å²) in [6.07, 6.45) is 0.329. The lowest BCUT2D eigenvalue weighted by Gasteiger charge is -2.27. The third kappa shape index (κ3) is 3.33. The number of nitrogens with one attached hydrogen (secondary N) is 2. The molecule has 0 spiro atoms. The lowest BCUT2D eigenvalue weighted by Crippen LogP contribution is -2.42. The number of fused-ring (bicyclic) bond motifs is 1. The van der Waals surface area contributed by atoms with Crippen molar-refractivity contribution in [2.75, 3.05) is 12.3 Å². The Bertz CT molecular complexity index is 570. The Balaban J connectivity index is 1.72. The van der Waals surface area contributed by atoms with Crippen molar-refractivity contribution in [2.24, 2.45) is 0 Å². The minimum absolute atomic E-state index is 0.163. The number of benzene rings is 1. The number of hydrogen-bond acceptors (Lipinski definition) is 3. The smallest absolute Gasteiger partial charge is 0.262 e. The molecule has 7 heteroatoms. The van der Waals surface area contributed by atoms with Crippen LogP contribution in [-0.2, 0) is 4.79 Å². The fourth-order valence-corrected chi connectivity index (χ4v) is 3.97. The van der Waals surface area contributed by atoms with Gasteiger partial charge in [0.25, 0.3) is 5.92 Å². The second kappa shape index (κ2) is 5.74. The maximum atomic E-state index is 13.2. The number of hydrogen-bond donors (Lipinski definition) is 2. The molecule has 2 aliphatic heterocycles. The molecule has 1 aromatic rings. The van der Waals surface area contributed by atoms with Crippen molar-refractivity contribution in [1.29, 1.82) is 0 Å². The summed E-state index contributed by atoms with van der Waals surface area (Å²) in [6, 6.07) is 4.60. The van der Waals surface area contributed by atoms with Crippen LogP contribution in [0.5, 0.6) is 0 Å². The van der Waals surface area contributed by atoms with E-state index < -0.39 is 24.9 Å². The van der Waals surface area contributed by atoms with E-state index in [2.05, 4.69) is 10.6 Å². The number of halogens is 3. The molecule has 1 fully saturated rings. The molecule has 2 unspecified atom stereocenters. The number of thioether (sulfide) groups is 1. The minimum Gasteiger partial charge on any atom is -0.348 e. The van der Waals surface area contributed by atoms with Crippen LogP contribution in [0.25, 0.3) is 0 Å². The Labute approximate surface area is 130 Å². The molecule has 1 aromatic carbocycles. The topological polar surface area (TPSA) is 41.1 Å². The molecule has 2 atom stereocenters. The van der Waals surface area contributed by atoms with Crippen molar-refractivity contribution in [2.45, 2.75) is 35.7 Å². The molecule has 0 bridgehead atoms. The highest BCUT2D eigenvalue weighted by Crippen LogP contribution is 2.37. The van der Waals surface area contributed by atoms with Gasteiger partial charge in [-0.25, -0.2) is 8.78 Å². The minimum atomic E-state index is -2.80. The van der Waals surface area contributed by atoms with Crippen LogP contribution in [0.15, 0.2) is 23.1 Å². The Morgan fingerprint density at radius 3 is 3.00 bits per heavy atom. The molecule has 21 heavy (non-hydrogen) atoms. The lowest BCUT2D eigenvalue weighted by atomic mass is 10.0. The normalized spacial score (nSPS) is 27.2. The van der Waals surface area contributed by atoms with Crippen molar-refractivity contribution >= 4 is 29.3 Å². The van der Waals surface area contributed by atoms with E-state index in [0.29, 0.717) is 5.02 Å². The highest BCUT2D eigenvalue weighted by molar-refractivity contribution is 7.99. The van der Waals surface area contributed by atoms with Gasteiger partial charge in [-0.2, -0.15) is 0 Å². The van der Waals surface area contributed by atoms with Crippen molar-refractivity contribution in [3.8, 4) is 0 Å². The van der Waals surface area contributed by atoms with Crippen LogP contribution < -0.4 is 10.6 Å². The van der Waals surface area contributed by atoms with E-state index in [1.165, 1.54) is 0 Å². The van der Waals surface area contributed by atoms with Crippen molar-refractivity contribution in [3.05, 3.63) is 28.8 Å². The molecule has 0 radical (unpaired) electrons. The number of alkyl halides is 2. The van der Waals surface area contributed by atoms with Gasteiger partial charge in [-0.1, -0.05) is 11.6 Å². The summed E-state index contributed by atoms with van der Waals surface area (Å²) in [7, 11) is 0. The summed E-state index contributed by atoms with van der Waals surface area (Å²) in [6.45, 7) is -0.436. The molecule has 0 aliphatic carbocycles. The predicted octanol–water partition coefficient (Wildman–Crippen LogP) is 2.99. The van der Waals surface area contributed by atoms with E-state index in [-0.39, 0.29) is 11.9 Å². The zero-order chi connectivity index (χ0) is 15.0. The summed E-state index contributed by atoms with van der Waals surface area (Å²) in [5, 5.41) is 6.07. The third-order valence-electron chi connectivity index (χ3n) is 3.75. The molecule has 0 saturated carbocycles. The quantitative estimate of drug-likeness (QED) is 0.875. The Morgan fingerprint density at radius 2 is 2.29 bits per heavy atom. The standard InChI is InChI=1S/C14H15ClF2N2OS/c15-8-1-2-12-9(5-8)10(3-4-21-12)19-13(20)11-6-14(16,17)7-18-11/h1-2,5,10-11,18H,3-4,6-7H2,(H,19,20). The van der Waals surface area contributed by atoms with Crippen LogP contribution in [0.2, 0.25) is 5.02 Å². The Kier molecular flexibility index (Phi) is 4.12. The van der Waals surface area contributed by atoms with Crippen LogP contribution >= 0.6 is 23.4 Å². The highest BCUT2D eigenvalue weighted by atomic mass is 35.5. The van der Waals surface area contributed by atoms with Gasteiger partial charge in [-0.3, -0.25) is 10.1 Å². The maximum Gasteiger partial charge on any atom is 0.262 e. The van der Waals surface area contributed by atoms with E-state index in [9.17, 15) is 13.6 Å². The third-order valence-corrected chi connectivity index (χ3v) is 5.11. The van der Waals surface area contributed by atoms with Crippen molar-refractivity contribution < 1.29 is 13.6 Å². The van der Waals surface area contributed by atoms with Gasteiger partial charge < -0.3 is 5.32 Å². The molecule has 114 valence electrons. The average molecular weight is 333 g/mol. The van der Waals surface area contributed by atoms with Crippen LogP contribution in [-0.4, -0.2) is 30.2 Å². The van der Waals surface area contributed by atoms with Crippen molar-refractivity contribution in [3.63, 3.8) is 0 Å². The molecule has 2 aliphatic rings. The number of carbonyl (C=O) groups excluding carboxylic acids is 1. The molecule has 3 nitrogen and oxygen atoms in total. The van der Waals surface area contributed by atoms with E-state index in [0.717, 1.165) is 22.6 Å². The van der Waals surface area contributed by atoms with Gasteiger partial charge in [-0.15, -0.1) is 11.8 Å². The monoisotopic (exact) mass is 332 g/mol. The first kappa shape index (κ1) is 15.1. The number of rotatable bonds is 2. The molecular formula is C14H15ClF2N2OS. The highest BCUT2D eigenvalue weighted by Gasteiger charge is 2.42. The fraction of sp³-hybridized carbons (Fsp3) is 0.500. The number of carbonyl (C=O) groups is 1. The molecule has 1 amide bonds. The van der Waals surface area contributed by atoms with Gasteiger partial charge in [0, 0.05) is 22.1 Å². The zero-order valence-corrected chi connectivity index (χ0v) is 12.7. The molecule has 3 rings (SSSR count). The van der Waals surface area contributed by atoms with E-state index in [4.69, 9.17) is 11.6 Å². The largest absolute Gasteiger partial charge is 0.348 e. The SMILES string of the molecule is O=C(NC1CCSc2ccc(Cl)cc21)C1CC(F)(F)CN1. The van der Waals surface area contributed by atoms with Crippen LogP contribution in [0.1, 0.15) is 24.4 Å². The van der Waals surface area contributed by atoms with E-state index in [1.807, 2.05) is 18.2 Å². The Morgan fingerprint density at radius 1 is 1.48 bits per heavy atom. The fourth-order valence-electron chi connectivity index (χ4n) is 2.69. The van der Waals surface area contributed by atoms with Crippen LogP contribution in [0, 0.1) is 0 Å². The first-order valence-corrected chi connectivity index (χ1v) is 8.15. The van der Waals surface area contributed by atoms with Crippen molar-refractivity contribution in [1.82, 2.24) is 10.6 Å². The average Bonchev–Trinajstić information content (AvgIpc) is 2.80. The molecular weight excluding hydrogens is 318 g/mol. The van der Waals surface area contributed by atoms with Gasteiger partial charge in [0.1, 0.15) is 0 Å². The number of amides is 1. The van der Waals surface area contributed by atoms with Gasteiger partial charge in [-0.05, 0) is 30.2 Å². The zero-order valence-electron chi connectivity index (χ0n) is 11.2. The van der Waals surface area contributed by atoms with Gasteiger partial charge in [0.05, 0.1) is 18.6 Å². The molecule has 1 saturated heterocycles. The first-order valence-electron chi connectivity index (χ1n) is 6.78. The Hall–Kier alpha value is -0.850. The summed E-state index contributed by atoms with van der Waals surface area (Å²) in [4.78, 5) is 13.2. The lowest BCUT2D eigenvalue weighted by molar-refractivity contribution is -0.124. The summed E-state index contributed by atoms with van der Waals surface area (Å²) in [5.74, 6) is -2.28. The van der Waals surface area contributed by atoms with E-state index >= 15 is 0 Å². The first-order chi connectivity index (χ1) is 9.94. The van der Waals surface area contributed by atoms with Gasteiger partial charge in [0.2, 0.25) is 5.91 Å². The summed E-state index contributed by atoms with van der Waals surface area (Å²) in [5.41, 5.74) is 0.969. The summed E-state index contributed by atoms with van der Waals surface area (Å²) >= 11 is 7.72. The van der Waals surface area contributed by atoms with Crippen LogP contribution in [0.4, 0.5) is 8.78 Å². The van der Waals surface area contributed by atoms with Gasteiger partial charge in [0.15, 0.2) is 0 Å².